The summed E-state index contributed by atoms with van der Waals surface area (Å²) in [5, 5.41) is 0. The number of hydrogen-bond acceptors (Lipinski definition) is 4. The fourth-order valence-electron chi connectivity index (χ4n) is 2.49. The van der Waals surface area contributed by atoms with Crippen LogP contribution in [0.1, 0.15) is 6.42 Å². The molecule has 15 heavy (non-hydrogen) atoms. The quantitative estimate of drug-likeness (QED) is 0.601. The summed E-state index contributed by atoms with van der Waals surface area (Å²) in [6, 6.07) is 0. The Bertz CT molecular complexity index is 268. The van der Waals surface area contributed by atoms with Crippen LogP contribution in [0.25, 0.3) is 0 Å². The van der Waals surface area contributed by atoms with Gasteiger partial charge >= 0.3 is 0 Å². The second-order valence-electron chi connectivity index (χ2n) is 4.35. The van der Waals surface area contributed by atoms with Gasteiger partial charge in [-0.1, -0.05) is 0 Å². The topological polar surface area (TPSA) is 66.6 Å². The molecule has 2 atom stereocenters. The average molecular weight is 211 g/mol. The van der Waals surface area contributed by atoms with Gasteiger partial charge in [0.1, 0.15) is 0 Å². The highest BCUT2D eigenvalue weighted by Gasteiger charge is 2.50. The maximum atomic E-state index is 11.7. The molecule has 2 aliphatic rings. The molecular formula is C10H17N3O2. The van der Waals surface area contributed by atoms with Gasteiger partial charge in [-0.25, -0.2) is 0 Å². The van der Waals surface area contributed by atoms with Crippen molar-refractivity contribution in [2.75, 3.05) is 33.2 Å². The van der Waals surface area contributed by atoms with E-state index in [1.165, 1.54) is 4.90 Å². The van der Waals surface area contributed by atoms with Crippen LogP contribution in [0.3, 0.4) is 0 Å². The van der Waals surface area contributed by atoms with Crippen LogP contribution in [0.2, 0.25) is 0 Å². The third-order valence-corrected chi connectivity index (χ3v) is 3.37. The molecule has 0 aromatic rings. The Kier molecular flexibility index (Phi) is 2.75. The summed E-state index contributed by atoms with van der Waals surface area (Å²) in [7, 11) is 1.58. The molecule has 5 heteroatoms. The number of likely N-dealkylation sites (tertiary alicyclic amines) is 2. The van der Waals surface area contributed by atoms with Gasteiger partial charge in [0.05, 0.1) is 11.8 Å². The fraction of sp³-hybridized carbons (Fsp3) is 0.800. The van der Waals surface area contributed by atoms with Crippen LogP contribution in [-0.2, 0) is 9.59 Å². The highest BCUT2D eigenvalue weighted by atomic mass is 16.2. The molecule has 0 radical (unpaired) electrons. The van der Waals surface area contributed by atoms with Crippen molar-refractivity contribution in [3.63, 3.8) is 0 Å². The van der Waals surface area contributed by atoms with Gasteiger partial charge in [-0.05, 0) is 19.5 Å². The van der Waals surface area contributed by atoms with Gasteiger partial charge < -0.3 is 10.6 Å². The van der Waals surface area contributed by atoms with Gasteiger partial charge in [-0.2, -0.15) is 0 Å². The third kappa shape index (κ3) is 1.66. The summed E-state index contributed by atoms with van der Waals surface area (Å²) in [4.78, 5) is 26.8. The van der Waals surface area contributed by atoms with E-state index >= 15 is 0 Å². The molecule has 2 N–H and O–H groups in total. The Balaban J connectivity index is 1.99. The van der Waals surface area contributed by atoms with Crippen molar-refractivity contribution in [2.24, 2.45) is 17.6 Å². The van der Waals surface area contributed by atoms with E-state index in [-0.39, 0.29) is 23.7 Å². The van der Waals surface area contributed by atoms with E-state index in [4.69, 9.17) is 5.73 Å². The van der Waals surface area contributed by atoms with Crippen LogP contribution in [0.4, 0.5) is 0 Å². The highest BCUT2D eigenvalue weighted by Crippen LogP contribution is 2.32. The van der Waals surface area contributed by atoms with Crippen LogP contribution < -0.4 is 5.73 Å². The number of nitrogens with two attached hydrogens (primary N) is 1. The highest BCUT2D eigenvalue weighted by molar-refractivity contribution is 6.05. The molecule has 2 rings (SSSR count). The molecule has 0 aromatic heterocycles. The number of imide groups is 1. The first-order chi connectivity index (χ1) is 7.15. The van der Waals surface area contributed by atoms with E-state index in [1.54, 1.807) is 7.05 Å². The van der Waals surface area contributed by atoms with Gasteiger partial charge in [0.2, 0.25) is 11.8 Å². The van der Waals surface area contributed by atoms with Crippen molar-refractivity contribution in [3.05, 3.63) is 0 Å². The van der Waals surface area contributed by atoms with E-state index in [0.717, 1.165) is 26.1 Å². The summed E-state index contributed by atoms with van der Waals surface area (Å²) < 4.78 is 0. The summed E-state index contributed by atoms with van der Waals surface area (Å²) in [5.41, 5.74) is 5.43. The Labute approximate surface area is 89.2 Å². The summed E-state index contributed by atoms with van der Waals surface area (Å²) in [6.45, 7) is 3.00. The molecule has 0 bridgehead atoms. The van der Waals surface area contributed by atoms with Crippen molar-refractivity contribution in [3.8, 4) is 0 Å². The van der Waals surface area contributed by atoms with Gasteiger partial charge in [0, 0.05) is 20.1 Å². The number of hydrogen-bond donors (Lipinski definition) is 1. The van der Waals surface area contributed by atoms with Crippen molar-refractivity contribution >= 4 is 11.8 Å². The third-order valence-electron chi connectivity index (χ3n) is 3.37. The maximum absolute atomic E-state index is 11.7. The van der Waals surface area contributed by atoms with E-state index < -0.39 is 0 Å². The molecule has 2 heterocycles. The number of fused-ring (bicyclic) bond motifs is 1. The molecule has 5 nitrogen and oxygen atoms in total. The minimum Gasteiger partial charge on any atom is -0.330 e. The number of rotatable bonds is 3. The molecule has 0 aliphatic carbocycles. The Hall–Kier alpha value is -0.940. The zero-order chi connectivity index (χ0) is 11.0. The van der Waals surface area contributed by atoms with Crippen LogP contribution in [0.15, 0.2) is 0 Å². The van der Waals surface area contributed by atoms with Crippen molar-refractivity contribution in [1.29, 1.82) is 0 Å². The number of carbonyl (C=O) groups excluding carboxylic acids is 2. The van der Waals surface area contributed by atoms with Crippen LogP contribution in [-0.4, -0.2) is 54.8 Å². The molecule has 2 unspecified atom stereocenters. The first kappa shape index (κ1) is 10.6. The molecule has 2 aliphatic heterocycles. The second-order valence-corrected chi connectivity index (χ2v) is 4.35. The van der Waals surface area contributed by atoms with Gasteiger partial charge in [0.25, 0.3) is 0 Å². The summed E-state index contributed by atoms with van der Waals surface area (Å²) in [6.07, 6.45) is 0.928. The Morgan fingerprint density at radius 2 is 1.80 bits per heavy atom. The summed E-state index contributed by atoms with van der Waals surface area (Å²) >= 11 is 0. The lowest BCUT2D eigenvalue weighted by molar-refractivity contribution is -0.138. The van der Waals surface area contributed by atoms with E-state index in [9.17, 15) is 9.59 Å². The zero-order valence-corrected chi connectivity index (χ0v) is 8.98. The normalized spacial score (nSPS) is 31.5. The number of nitrogens with zero attached hydrogens (tertiary/aromatic N) is 2. The SMILES string of the molecule is CN1C(=O)C2CN(CCCN)CC2C1=O. The number of carbonyl (C=O) groups is 2. The Morgan fingerprint density at radius 1 is 1.27 bits per heavy atom. The van der Waals surface area contributed by atoms with Gasteiger partial charge in [-0.3, -0.25) is 14.5 Å². The monoisotopic (exact) mass is 211 g/mol. The van der Waals surface area contributed by atoms with Crippen molar-refractivity contribution in [2.45, 2.75) is 6.42 Å². The molecule has 2 saturated heterocycles. The van der Waals surface area contributed by atoms with Crippen LogP contribution in [0.5, 0.6) is 0 Å². The predicted octanol–water partition coefficient (Wildman–Crippen LogP) is -1.12. The van der Waals surface area contributed by atoms with Crippen molar-refractivity contribution in [1.82, 2.24) is 9.80 Å². The minimum atomic E-state index is -0.0970. The van der Waals surface area contributed by atoms with Gasteiger partial charge in [0.15, 0.2) is 0 Å². The molecule has 2 fully saturated rings. The average Bonchev–Trinajstić information content (AvgIpc) is 2.73. The Morgan fingerprint density at radius 3 is 2.27 bits per heavy atom. The standard InChI is InChI=1S/C10H17N3O2/c1-12-9(14)7-5-13(4-2-3-11)6-8(7)10(12)15/h7-8H,2-6,11H2,1H3. The zero-order valence-electron chi connectivity index (χ0n) is 8.98. The van der Waals surface area contributed by atoms with Crippen LogP contribution in [0, 0.1) is 11.8 Å². The lowest BCUT2D eigenvalue weighted by Crippen LogP contribution is -2.33. The molecule has 0 spiro atoms. The fourth-order valence-corrected chi connectivity index (χ4v) is 2.49. The van der Waals surface area contributed by atoms with E-state index in [2.05, 4.69) is 4.90 Å². The minimum absolute atomic E-state index is 0.0137. The smallest absolute Gasteiger partial charge is 0.234 e. The molecule has 0 aromatic carbocycles. The number of amides is 2. The molecule has 2 amide bonds. The van der Waals surface area contributed by atoms with Crippen molar-refractivity contribution < 1.29 is 9.59 Å². The summed E-state index contributed by atoms with van der Waals surface area (Å²) in [5.74, 6) is -0.221. The molecule has 0 saturated carbocycles. The second kappa shape index (κ2) is 3.90. The maximum Gasteiger partial charge on any atom is 0.234 e. The molecule has 84 valence electrons. The first-order valence-corrected chi connectivity index (χ1v) is 5.39. The predicted molar refractivity (Wildman–Crippen MR) is 54.9 cm³/mol. The first-order valence-electron chi connectivity index (χ1n) is 5.39. The van der Waals surface area contributed by atoms with Crippen LogP contribution >= 0.6 is 0 Å². The lowest BCUT2D eigenvalue weighted by atomic mass is 10.00. The lowest BCUT2D eigenvalue weighted by Gasteiger charge is -2.17. The molecular weight excluding hydrogens is 194 g/mol. The largest absolute Gasteiger partial charge is 0.330 e. The van der Waals surface area contributed by atoms with Gasteiger partial charge in [-0.15, -0.1) is 0 Å². The van der Waals surface area contributed by atoms with E-state index in [1.807, 2.05) is 0 Å². The van der Waals surface area contributed by atoms with E-state index in [0.29, 0.717) is 6.54 Å².